The summed E-state index contributed by atoms with van der Waals surface area (Å²) in [4.78, 5) is 19.6. The van der Waals surface area contributed by atoms with Crippen molar-refractivity contribution in [3.63, 3.8) is 0 Å². The molecule has 0 aliphatic heterocycles. The van der Waals surface area contributed by atoms with Gasteiger partial charge < -0.3 is 0 Å². The van der Waals surface area contributed by atoms with Crippen molar-refractivity contribution in [3.8, 4) is 51.4 Å². The second-order valence-corrected chi connectivity index (χ2v) is 11.8. The number of nitriles is 1. The monoisotopic (exact) mass is 640 g/mol. The number of hydrogen-bond acceptors (Lipinski definition) is 6. The van der Waals surface area contributed by atoms with Crippen molar-refractivity contribution in [1.29, 1.82) is 10.7 Å². The summed E-state index contributed by atoms with van der Waals surface area (Å²) in [5, 5.41) is 19.6. The van der Waals surface area contributed by atoms with Crippen LogP contribution in [0.3, 0.4) is 0 Å². The molecule has 0 saturated carbocycles. The molecular formula is C44H28N6. The molecule has 6 nitrogen and oxygen atoms in total. The third-order valence-corrected chi connectivity index (χ3v) is 8.79. The fourth-order valence-electron chi connectivity index (χ4n) is 6.37. The highest BCUT2D eigenvalue weighted by Gasteiger charge is 2.25. The fraction of sp³-hybridized carbons (Fsp3) is 0. The number of benzene rings is 5. The quantitative estimate of drug-likeness (QED) is 0.195. The minimum Gasteiger partial charge on any atom is -0.300 e. The molecule has 0 bridgehead atoms. The van der Waals surface area contributed by atoms with Crippen LogP contribution in [0.25, 0.3) is 73.4 Å². The highest BCUT2D eigenvalue weighted by molar-refractivity contribution is 6.48. The van der Waals surface area contributed by atoms with Gasteiger partial charge in [0.2, 0.25) is 0 Å². The van der Waals surface area contributed by atoms with Gasteiger partial charge in [-0.25, -0.2) is 15.0 Å². The van der Waals surface area contributed by atoms with Crippen molar-refractivity contribution in [1.82, 2.24) is 19.9 Å². The topological polar surface area (TPSA) is 99.2 Å². The van der Waals surface area contributed by atoms with E-state index in [2.05, 4.69) is 43.0 Å². The number of pyridine rings is 1. The van der Waals surface area contributed by atoms with Crippen LogP contribution in [0.15, 0.2) is 152 Å². The second kappa shape index (κ2) is 12.8. The van der Waals surface area contributed by atoms with Gasteiger partial charge in [0.05, 0.1) is 22.9 Å². The molecule has 2 heterocycles. The predicted octanol–water partition coefficient (Wildman–Crippen LogP) is 10.1. The van der Waals surface area contributed by atoms with Crippen molar-refractivity contribution >= 4 is 33.8 Å². The Kier molecular flexibility index (Phi) is 7.76. The van der Waals surface area contributed by atoms with Gasteiger partial charge in [-0.2, -0.15) is 5.26 Å². The summed E-state index contributed by atoms with van der Waals surface area (Å²) in [6, 6.07) is 43.7. The molecule has 0 saturated heterocycles. The maximum Gasteiger partial charge on any atom is 0.164 e. The molecule has 234 valence electrons. The highest BCUT2D eigenvalue weighted by Crippen LogP contribution is 2.42. The number of allylic oxidation sites excluding steroid dienone is 4. The molecule has 0 spiro atoms. The predicted molar refractivity (Wildman–Crippen MR) is 202 cm³/mol. The van der Waals surface area contributed by atoms with Crippen LogP contribution in [-0.2, 0) is 0 Å². The summed E-state index contributed by atoms with van der Waals surface area (Å²) in [5.74, 6) is 1.77. The average molecular weight is 641 g/mol. The Labute approximate surface area is 289 Å². The van der Waals surface area contributed by atoms with Crippen LogP contribution >= 0.6 is 0 Å². The lowest BCUT2D eigenvalue weighted by atomic mass is 9.80. The van der Waals surface area contributed by atoms with Crippen molar-refractivity contribution in [2.45, 2.75) is 0 Å². The van der Waals surface area contributed by atoms with E-state index in [4.69, 9.17) is 19.9 Å². The molecule has 0 amide bonds. The molecule has 0 radical (unpaired) electrons. The first kappa shape index (κ1) is 30.2. The lowest BCUT2D eigenvalue weighted by Crippen LogP contribution is -2.11. The van der Waals surface area contributed by atoms with E-state index in [0.717, 1.165) is 66.6 Å². The van der Waals surface area contributed by atoms with E-state index in [1.165, 1.54) is 0 Å². The van der Waals surface area contributed by atoms with Gasteiger partial charge in [-0.1, -0.05) is 116 Å². The van der Waals surface area contributed by atoms with Gasteiger partial charge in [0.15, 0.2) is 17.5 Å². The largest absolute Gasteiger partial charge is 0.300 e. The molecule has 8 rings (SSSR count). The van der Waals surface area contributed by atoms with Crippen molar-refractivity contribution < 1.29 is 0 Å². The zero-order valence-corrected chi connectivity index (χ0v) is 26.9. The number of nitrogens with zero attached hydrogens (tertiary/aromatic N) is 5. The normalized spacial score (nSPS) is 13.1. The van der Waals surface area contributed by atoms with Crippen molar-refractivity contribution in [2.24, 2.45) is 0 Å². The standard InChI is InChI=1S/C44H28N6/c1-2-11-34-38-26-37(41-35(18-10-23-47-41)39(38)25-36(40(34)46)29-21-19-28(27-45)20-22-29)32-16-9-17-33(24-32)44-49-42(30-12-5-3-6-13-30)48-43(50-44)31-14-7-4-8-15-31/h2-26,46H,1H2/b34-11-,46-40?. The Balaban J connectivity index is 1.31. The number of fused-ring (bicyclic) bond motifs is 3. The van der Waals surface area contributed by atoms with Gasteiger partial charge in [0.1, 0.15) is 0 Å². The van der Waals surface area contributed by atoms with E-state index < -0.39 is 0 Å². The van der Waals surface area contributed by atoms with Crippen LogP contribution in [0.5, 0.6) is 0 Å². The molecule has 1 N–H and O–H groups in total. The Hall–Kier alpha value is -7.10. The van der Waals surface area contributed by atoms with E-state index in [-0.39, 0.29) is 0 Å². The number of rotatable bonds is 6. The summed E-state index contributed by atoms with van der Waals surface area (Å²) >= 11 is 0. The van der Waals surface area contributed by atoms with Crippen LogP contribution in [0.2, 0.25) is 0 Å². The van der Waals surface area contributed by atoms with Crippen molar-refractivity contribution in [2.75, 3.05) is 0 Å². The zero-order valence-electron chi connectivity index (χ0n) is 26.9. The molecule has 0 fully saturated rings. The Morgan fingerprint density at radius 3 is 1.88 bits per heavy atom. The number of nitrogens with one attached hydrogen (secondary N) is 1. The minimum atomic E-state index is 0.386. The molecular weight excluding hydrogens is 613 g/mol. The van der Waals surface area contributed by atoms with Gasteiger partial charge in [-0.3, -0.25) is 10.4 Å². The number of hydrogen-bond donors (Lipinski definition) is 1. The van der Waals surface area contributed by atoms with E-state index in [0.29, 0.717) is 28.7 Å². The van der Waals surface area contributed by atoms with Crippen LogP contribution < -0.4 is 0 Å². The van der Waals surface area contributed by atoms with Crippen molar-refractivity contribution in [3.05, 3.63) is 175 Å². The summed E-state index contributed by atoms with van der Waals surface area (Å²) in [5.41, 5.74) is 10.6. The van der Waals surface area contributed by atoms with Gasteiger partial charge in [0, 0.05) is 45.0 Å². The average Bonchev–Trinajstić information content (AvgIpc) is 3.19. The first-order chi connectivity index (χ1) is 24.6. The Morgan fingerprint density at radius 2 is 1.24 bits per heavy atom. The SMILES string of the molecule is C=C/C=C1\C(=N)C(c2ccc(C#N)cc2)=Cc2c1cc(-c1cccc(-c3nc(-c4ccccc4)nc(-c4ccccc4)n3)c1)c1ncccc21. The first-order valence-electron chi connectivity index (χ1n) is 16.2. The summed E-state index contributed by atoms with van der Waals surface area (Å²) < 4.78 is 0. The van der Waals surface area contributed by atoms with E-state index in [1.807, 2.05) is 103 Å². The summed E-state index contributed by atoms with van der Waals surface area (Å²) in [7, 11) is 0. The highest BCUT2D eigenvalue weighted by atomic mass is 15.0. The second-order valence-electron chi connectivity index (χ2n) is 11.8. The fourth-order valence-corrected chi connectivity index (χ4v) is 6.37. The summed E-state index contributed by atoms with van der Waals surface area (Å²) in [6.45, 7) is 3.97. The Morgan fingerprint density at radius 1 is 0.620 bits per heavy atom. The summed E-state index contributed by atoms with van der Waals surface area (Å²) in [6.07, 6.45) is 7.48. The minimum absolute atomic E-state index is 0.386. The lowest BCUT2D eigenvalue weighted by molar-refractivity contribution is 1.07. The third-order valence-electron chi connectivity index (χ3n) is 8.79. The van der Waals surface area contributed by atoms with Crippen LogP contribution in [0, 0.1) is 16.7 Å². The molecule has 50 heavy (non-hydrogen) atoms. The van der Waals surface area contributed by atoms with Gasteiger partial charge in [0.25, 0.3) is 0 Å². The number of aromatic nitrogens is 4. The lowest BCUT2D eigenvalue weighted by Gasteiger charge is -2.24. The van der Waals surface area contributed by atoms with Crippen LogP contribution in [0.1, 0.15) is 22.3 Å². The van der Waals surface area contributed by atoms with Crippen LogP contribution in [0.4, 0.5) is 0 Å². The van der Waals surface area contributed by atoms with E-state index in [1.54, 1.807) is 18.2 Å². The molecule has 1 aliphatic rings. The molecule has 0 atom stereocenters. The maximum absolute atomic E-state index is 9.33. The van der Waals surface area contributed by atoms with Gasteiger partial charge in [-0.15, -0.1) is 0 Å². The smallest absolute Gasteiger partial charge is 0.164 e. The molecule has 0 unspecified atom stereocenters. The zero-order chi connectivity index (χ0) is 34.0. The molecule has 5 aromatic carbocycles. The molecule has 7 aromatic rings. The van der Waals surface area contributed by atoms with E-state index >= 15 is 0 Å². The molecule has 1 aliphatic carbocycles. The Bertz CT molecular complexity index is 2500. The molecule has 2 aromatic heterocycles. The first-order valence-corrected chi connectivity index (χ1v) is 16.2. The van der Waals surface area contributed by atoms with Crippen LogP contribution in [-0.4, -0.2) is 25.6 Å². The van der Waals surface area contributed by atoms with Gasteiger partial charge >= 0.3 is 0 Å². The third kappa shape index (κ3) is 5.49. The maximum atomic E-state index is 9.33. The van der Waals surface area contributed by atoms with Gasteiger partial charge in [-0.05, 0) is 58.7 Å². The van der Waals surface area contributed by atoms with E-state index in [9.17, 15) is 10.7 Å². The molecule has 6 heteroatoms.